The van der Waals surface area contributed by atoms with Gasteiger partial charge in [-0.15, -0.1) is 0 Å². The molecule has 4 aromatic rings. The minimum atomic E-state index is -2.81. The number of ether oxygens (including phenoxy) is 6. The predicted molar refractivity (Wildman–Crippen MR) is 259 cm³/mol. The maximum atomic E-state index is 10.0. The third kappa shape index (κ3) is 8.83. The minimum absolute atomic E-state index is 0.0339. The average molecular weight is 951 g/mol. The summed E-state index contributed by atoms with van der Waals surface area (Å²) in [5, 5.41) is 14.7. The van der Waals surface area contributed by atoms with Crippen LogP contribution in [-0.2, 0) is 46.9 Å². The second-order valence-electron chi connectivity index (χ2n) is 22.0. The first-order valence-electron chi connectivity index (χ1n) is 23.9. The summed E-state index contributed by atoms with van der Waals surface area (Å²) in [5.74, 6) is -0.882. The zero-order valence-electron chi connectivity index (χ0n) is 41.0. The first-order chi connectivity index (χ1) is 31.7. The van der Waals surface area contributed by atoms with Crippen LogP contribution in [0.15, 0.2) is 121 Å². The van der Waals surface area contributed by atoms with E-state index in [9.17, 15) is 5.11 Å². The lowest BCUT2D eigenvalue weighted by atomic mass is 10.1. The zero-order valence-corrected chi connectivity index (χ0v) is 43.0. The van der Waals surface area contributed by atoms with E-state index in [2.05, 4.69) is 158 Å². The highest BCUT2D eigenvalue weighted by atomic mass is 28.4. The molecule has 10 atom stereocenters. The first kappa shape index (κ1) is 49.7. The lowest BCUT2D eigenvalue weighted by molar-refractivity contribution is -0.222. The molecule has 360 valence electrons. The molecule has 2 saturated carbocycles. The van der Waals surface area contributed by atoms with Crippen molar-refractivity contribution in [1.82, 2.24) is 0 Å². The number of benzene rings is 4. The Morgan fingerprint density at radius 3 is 1.09 bits per heavy atom. The van der Waals surface area contributed by atoms with Gasteiger partial charge in [-0.1, -0.05) is 176 Å². The third-order valence-electron chi connectivity index (χ3n) is 14.8. The predicted octanol–water partition coefficient (Wildman–Crippen LogP) is 7.22. The lowest BCUT2D eigenvalue weighted by Crippen LogP contribution is -2.69. The monoisotopic (exact) mass is 950 g/mol. The van der Waals surface area contributed by atoms with Crippen molar-refractivity contribution in [2.24, 2.45) is 11.8 Å². The van der Waals surface area contributed by atoms with Gasteiger partial charge in [-0.3, -0.25) is 0 Å². The van der Waals surface area contributed by atoms with Crippen molar-refractivity contribution in [2.75, 3.05) is 6.61 Å². The fraction of sp³-hybridized carbons (Fsp3) is 0.537. The van der Waals surface area contributed by atoms with Crippen LogP contribution in [0.2, 0.25) is 10.1 Å². The minimum Gasteiger partial charge on any atom is -0.399 e. The summed E-state index contributed by atoms with van der Waals surface area (Å²) in [4.78, 5) is 16.2. The Bertz CT molecular complexity index is 2090. The zero-order chi connectivity index (χ0) is 48.3. The standard InChI is InChI=1S/C27H36O4Si.C26H34O5Si.CO2/c1-7-19-18-27(19)23(22-24(30-27)29-26(5,6)28-22)31-32(25(2,3)4,20-14-10-8-11-15-20)21-16-12-9-13-17-21;1-24(2,3)32(19-12-8-6-9-13-19,20-14-10-7-11-15-20)31-22-21-23(29-25(4,5)28-21)30-26(22)16-18(26)17-27;2-1-3/h8-17,19,22-24H,7,18H2,1-6H3;6-15,18,21-23,27H,16-17H2,1-5H3;/t19-,22?,23-,24+,27-;18-,21?,22+,23-,26+;/m10./s1. The van der Waals surface area contributed by atoms with Gasteiger partial charge in [-0.25, -0.2) is 0 Å². The number of rotatable bonds is 10. The molecule has 0 radical (unpaired) electrons. The van der Waals surface area contributed by atoms with Gasteiger partial charge in [-0.05, 0) is 77.3 Å². The molecule has 0 bridgehead atoms. The normalized spacial score (nSPS) is 32.1. The Morgan fingerprint density at radius 2 is 0.836 bits per heavy atom. The quantitative estimate of drug-likeness (QED) is 0.162. The van der Waals surface area contributed by atoms with Crippen LogP contribution in [0.25, 0.3) is 0 Å². The van der Waals surface area contributed by atoms with Crippen molar-refractivity contribution in [1.29, 1.82) is 0 Å². The van der Waals surface area contributed by atoms with E-state index in [1.807, 2.05) is 39.8 Å². The molecule has 0 amide bonds. The molecule has 2 unspecified atom stereocenters. The maximum Gasteiger partial charge on any atom is 0.373 e. The molecular weight excluding hydrogens is 881 g/mol. The molecule has 13 heteroatoms. The van der Waals surface area contributed by atoms with Crippen molar-refractivity contribution in [2.45, 2.75) is 165 Å². The van der Waals surface area contributed by atoms with E-state index < -0.39 is 40.1 Å². The summed E-state index contributed by atoms with van der Waals surface area (Å²) in [6.07, 6.45) is 1.20. The number of fused-ring (bicyclic) bond motifs is 2. The highest BCUT2D eigenvalue weighted by Gasteiger charge is 2.75. The first-order valence-corrected chi connectivity index (χ1v) is 27.7. The topological polar surface area (TPSA) is 128 Å². The van der Waals surface area contributed by atoms with Crippen LogP contribution in [0, 0.1) is 11.8 Å². The highest BCUT2D eigenvalue weighted by molar-refractivity contribution is 7.00. The fourth-order valence-corrected chi connectivity index (χ4v) is 21.1. The van der Waals surface area contributed by atoms with Gasteiger partial charge in [0.1, 0.15) is 35.6 Å². The van der Waals surface area contributed by atoms with Crippen LogP contribution in [0.5, 0.6) is 0 Å². The Labute approximate surface area is 399 Å². The molecule has 6 fully saturated rings. The van der Waals surface area contributed by atoms with Gasteiger partial charge in [0, 0.05) is 12.5 Å². The summed E-state index contributed by atoms with van der Waals surface area (Å²) in [7, 11) is -5.54. The number of aliphatic hydroxyl groups excluding tert-OH is 1. The summed E-state index contributed by atoms with van der Waals surface area (Å²) in [5.41, 5.74) is -0.874. The van der Waals surface area contributed by atoms with Gasteiger partial charge < -0.3 is 42.4 Å². The van der Waals surface area contributed by atoms with Gasteiger partial charge in [0.25, 0.3) is 16.6 Å². The second kappa shape index (κ2) is 18.3. The summed E-state index contributed by atoms with van der Waals surface area (Å²) < 4.78 is 53.1. The van der Waals surface area contributed by atoms with E-state index in [0.717, 1.165) is 19.3 Å². The molecule has 4 heterocycles. The highest BCUT2D eigenvalue weighted by Crippen LogP contribution is 2.62. The van der Waals surface area contributed by atoms with Gasteiger partial charge in [0.05, 0.1) is 0 Å². The number of aliphatic hydroxyl groups is 1. The summed E-state index contributed by atoms with van der Waals surface area (Å²) in [6.45, 7) is 23.8. The van der Waals surface area contributed by atoms with Gasteiger partial charge >= 0.3 is 6.15 Å². The van der Waals surface area contributed by atoms with Crippen LogP contribution >= 0.6 is 0 Å². The van der Waals surface area contributed by atoms with Crippen molar-refractivity contribution in [3.8, 4) is 0 Å². The Morgan fingerprint density at radius 1 is 0.537 bits per heavy atom. The van der Waals surface area contributed by atoms with Crippen molar-refractivity contribution >= 4 is 43.5 Å². The van der Waals surface area contributed by atoms with Crippen LogP contribution in [0.4, 0.5) is 0 Å². The van der Waals surface area contributed by atoms with Gasteiger partial charge in [0.2, 0.25) is 0 Å². The molecule has 2 aliphatic carbocycles. The summed E-state index contributed by atoms with van der Waals surface area (Å²) in [6, 6.07) is 42.8. The third-order valence-corrected chi connectivity index (χ3v) is 24.8. The molecule has 4 aliphatic heterocycles. The van der Waals surface area contributed by atoms with E-state index in [4.69, 9.17) is 46.9 Å². The van der Waals surface area contributed by atoms with E-state index in [1.165, 1.54) is 20.7 Å². The van der Waals surface area contributed by atoms with Crippen molar-refractivity contribution in [3.05, 3.63) is 121 Å². The molecule has 2 spiro atoms. The molecular formula is C54H70O11Si2. The Hall–Kier alpha value is -3.67. The Balaban J connectivity index is 0.000000172. The number of carbonyl (C=O) groups excluding carboxylic acids is 2. The summed E-state index contributed by atoms with van der Waals surface area (Å²) >= 11 is 0. The molecule has 6 aliphatic rings. The SMILES string of the molecule is CC1(C)OC2[C@@H](O1)O[C@@]1(C[C@H]1CO)[C@@H]2O[Si](c1ccccc1)(c1ccccc1)C(C)(C)C.CC[C@@H]1C[C@@]12O[C@@H]1OC(C)(C)OC1[C@H]2O[Si](c1ccccc1)(c1ccccc1)C(C)(C)C.O=C=O. The van der Waals surface area contributed by atoms with Gasteiger partial charge in [-0.2, -0.15) is 9.59 Å². The van der Waals surface area contributed by atoms with E-state index >= 15 is 0 Å². The molecule has 1 N–H and O–H groups in total. The maximum absolute atomic E-state index is 10.0. The molecule has 10 rings (SSSR count). The lowest BCUT2D eigenvalue weighted by Gasteiger charge is -2.46. The van der Waals surface area contributed by atoms with Crippen molar-refractivity contribution < 1.29 is 52.0 Å². The van der Waals surface area contributed by atoms with E-state index in [0.29, 0.717) is 5.92 Å². The van der Waals surface area contributed by atoms with Crippen LogP contribution in [-0.4, -0.2) is 94.3 Å². The number of hydrogen-bond donors (Lipinski definition) is 1. The van der Waals surface area contributed by atoms with Crippen LogP contribution in [0.3, 0.4) is 0 Å². The molecule has 11 nitrogen and oxygen atoms in total. The largest absolute Gasteiger partial charge is 0.399 e. The molecule has 0 aromatic heterocycles. The average Bonchev–Trinajstić information content (AvgIpc) is 4.04. The van der Waals surface area contributed by atoms with Gasteiger partial charge in [0.15, 0.2) is 24.2 Å². The number of hydrogen-bond acceptors (Lipinski definition) is 11. The second-order valence-corrected chi connectivity index (χ2v) is 30.5. The smallest absolute Gasteiger partial charge is 0.373 e. The molecule has 4 saturated heterocycles. The van der Waals surface area contributed by atoms with Crippen molar-refractivity contribution in [3.63, 3.8) is 0 Å². The Kier molecular flexibility index (Phi) is 13.6. The fourth-order valence-electron chi connectivity index (χ4n) is 11.7. The van der Waals surface area contributed by atoms with E-state index in [1.54, 1.807) is 0 Å². The molecule has 4 aromatic carbocycles. The van der Waals surface area contributed by atoms with Crippen LogP contribution < -0.4 is 20.7 Å². The molecule has 67 heavy (non-hydrogen) atoms. The van der Waals surface area contributed by atoms with Crippen LogP contribution in [0.1, 0.15) is 95.4 Å². The van der Waals surface area contributed by atoms with E-state index in [-0.39, 0.29) is 65.1 Å².